The lowest BCUT2D eigenvalue weighted by Gasteiger charge is -2.31. The van der Waals surface area contributed by atoms with Crippen molar-refractivity contribution in [1.29, 1.82) is 5.26 Å². The minimum absolute atomic E-state index is 0.0735. The standard InChI is InChI=1S/C32H36N4O2S.C29H34N4O2S.C29H32N4O2.C4H11O2PS2.C3H6O2/c1-25-24-39-31(33-25)28-13-8-14-29(23-28)34-32(37)36(18-17-35-19-21-38-22-20-35)16-15-30(26-9-4-2-5-10-26)27-11-6-3-7-12-27;30-28(36)25-12-7-13-26(22-25)31-29(34)33(17-16-32-18-20-35-21-19-32)15-14-27(23-8-3-1-4-9-23)24-10-5-2-6-11-24;30-23-24-8-7-13-27(22-24)31-29(34)33(17-16-32-18-20-35-21-19-32)15-14-28(25-9-3-1-4-10-25)26-11-5-2-6-12-26;1-3-5-7(8,9)6-4-2;1-3(5)2-4/h2-14,23-24,30H,15-22H2,1H3,(H,34,37);1-13,22,27H,14-21H2,(H2,30,36)(H,31,34);1-13,22,28H,14-21H2,(H,31,34);3-4H2,1-2H3,(H,8,9);4H,2H2,1H3. The summed E-state index contributed by atoms with van der Waals surface area (Å²) in [6, 6.07) is 87.3. The lowest BCUT2D eigenvalue weighted by Crippen LogP contribution is -2.44. The molecule has 0 radical (unpaired) electrons. The molecule has 3 saturated heterocycles. The summed E-state index contributed by atoms with van der Waals surface area (Å²) in [7, 11) is 0. The average Bonchev–Trinajstić information content (AvgIpc) is 1.80. The summed E-state index contributed by atoms with van der Waals surface area (Å²) in [6.07, 6.45) is 2.46. The van der Waals surface area contributed by atoms with Gasteiger partial charge in [-0.25, -0.2) is 19.4 Å². The number of aryl methyl sites for hydroxylation is 1. The van der Waals surface area contributed by atoms with Gasteiger partial charge in [0.2, 0.25) is 5.69 Å². The SMILES string of the molecule is CC(=O)CO.CCOP(=S)(S)OCC.Cc1csc(-c2cccc(NC(=O)N(CCC(c3ccccc3)c3ccccc3)CCN3CCOCC3)c2)n1.N#Cc1cccc(NC(=O)N(CCC(c2ccccc2)c2ccccc2)CCN2CCOCC2)c1.NC(=S)c1cccc(NC(=O)N(CCC(c2ccccc2)c2ccccc2)CCN2CCOCC2)c1. The predicted molar refractivity (Wildman–Crippen MR) is 512 cm³/mol. The van der Waals surface area contributed by atoms with Crippen LogP contribution in [-0.4, -0.2) is 226 Å². The highest BCUT2D eigenvalue weighted by molar-refractivity contribution is 8.60. The Kier molecular flexibility index (Phi) is 43.2. The van der Waals surface area contributed by atoms with E-state index in [4.69, 9.17) is 58.1 Å². The maximum absolute atomic E-state index is 13.7. The van der Waals surface area contributed by atoms with Gasteiger partial charge in [-0.3, -0.25) is 19.5 Å². The summed E-state index contributed by atoms with van der Waals surface area (Å²) in [6.45, 7) is 23.9. The van der Waals surface area contributed by atoms with E-state index in [0.717, 1.165) is 145 Å². The zero-order valence-electron chi connectivity index (χ0n) is 71.5. The second kappa shape index (κ2) is 54.8. The molecular weight excluding hydrogens is 1650 g/mol. The Morgan fingerprint density at radius 3 is 1.12 bits per heavy atom. The van der Waals surface area contributed by atoms with Gasteiger partial charge in [-0.15, -0.1) is 11.3 Å². The van der Waals surface area contributed by atoms with Crippen LogP contribution in [0.5, 0.6) is 0 Å². The maximum atomic E-state index is 13.7. The molecule has 10 aromatic rings. The molecule has 6 N–H and O–H groups in total. The van der Waals surface area contributed by atoms with Crippen LogP contribution in [-0.2, 0) is 39.9 Å². The number of benzene rings is 9. The molecule has 27 heteroatoms. The highest BCUT2D eigenvalue weighted by atomic mass is 32.9. The zero-order valence-corrected chi connectivity index (χ0v) is 75.8. The monoisotopic (exact) mass is 1770 g/mol. The number of thiol groups is 1. The predicted octanol–water partition coefficient (Wildman–Crippen LogP) is 17.9. The summed E-state index contributed by atoms with van der Waals surface area (Å²) in [5.74, 6) is 0.412. The van der Waals surface area contributed by atoms with Crippen LogP contribution in [0.15, 0.2) is 260 Å². The molecule has 9 aromatic carbocycles. The smallest absolute Gasteiger partial charge is 0.321 e. The second-order valence-corrected chi connectivity index (χ2v) is 36.4. The number of nitriles is 1. The lowest BCUT2D eigenvalue weighted by atomic mass is 9.88. The first kappa shape index (κ1) is 97.9. The molecule has 0 bridgehead atoms. The van der Waals surface area contributed by atoms with Crippen LogP contribution in [0.3, 0.4) is 0 Å². The molecule has 0 spiro atoms. The van der Waals surface area contributed by atoms with Gasteiger partial charge in [0.1, 0.15) is 16.6 Å². The first-order valence-electron chi connectivity index (χ1n) is 42.4. The number of Topliss-reactive ketones (excluding diaryl/α,β-unsaturated/α-hetero) is 1. The van der Waals surface area contributed by atoms with Crippen LogP contribution in [0.4, 0.5) is 31.4 Å². The van der Waals surface area contributed by atoms with Gasteiger partial charge in [0.15, 0.2) is 5.78 Å². The minimum Gasteiger partial charge on any atom is -0.389 e. The molecule has 3 aliphatic heterocycles. The van der Waals surface area contributed by atoms with Crippen LogP contribution in [0.2, 0.25) is 0 Å². The van der Waals surface area contributed by atoms with Crippen molar-refractivity contribution in [3.8, 4) is 16.6 Å². The fourth-order valence-electron chi connectivity index (χ4n) is 14.4. The van der Waals surface area contributed by atoms with Crippen molar-refractivity contribution >= 4 is 99.2 Å². The van der Waals surface area contributed by atoms with Crippen LogP contribution in [0.25, 0.3) is 10.6 Å². The topological polar surface area (TPSA) is 253 Å². The summed E-state index contributed by atoms with van der Waals surface area (Å²) < 4.78 is 26.6. The number of hydrogen-bond donors (Lipinski definition) is 6. The van der Waals surface area contributed by atoms with E-state index in [1.807, 2.05) is 120 Å². The van der Waals surface area contributed by atoms with E-state index in [1.165, 1.54) is 40.3 Å². The number of thiocarbonyl (C=S) groups is 1. The third-order valence-electron chi connectivity index (χ3n) is 20.9. The van der Waals surface area contributed by atoms with Crippen molar-refractivity contribution in [2.75, 3.05) is 174 Å². The Labute approximate surface area is 752 Å². The van der Waals surface area contributed by atoms with Gasteiger partial charge in [-0.1, -0.05) is 237 Å². The number of hydrogen-bond acceptors (Lipinski definition) is 18. The van der Waals surface area contributed by atoms with Crippen LogP contribution in [0.1, 0.15) is 108 Å². The summed E-state index contributed by atoms with van der Waals surface area (Å²) in [5, 5.41) is 29.2. The largest absolute Gasteiger partial charge is 0.389 e. The average molecular weight is 1770 g/mol. The zero-order chi connectivity index (χ0) is 87.9. The number of amides is 6. The van der Waals surface area contributed by atoms with Crippen molar-refractivity contribution < 1.29 is 47.5 Å². The van der Waals surface area contributed by atoms with E-state index in [2.05, 4.69) is 212 Å². The Balaban J connectivity index is 0.000000195. The van der Waals surface area contributed by atoms with Crippen molar-refractivity contribution in [1.82, 2.24) is 34.4 Å². The van der Waals surface area contributed by atoms with Crippen molar-refractivity contribution in [2.45, 2.75) is 64.7 Å². The molecule has 124 heavy (non-hydrogen) atoms. The lowest BCUT2D eigenvalue weighted by molar-refractivity contribution is -0.119. The number of morpholine rings is 3. The summed E-state index contributed by atoms with van der Waals surface area (Å²) >= 11 is 15.6. The first-order valence-corrected chi connectivity index (χ1v) is 47.5. The van der Waals surface area contributed by atoms with Gasteiger partial charge in [-0.2, -0.15) is 5.26 Å². The number of carbonyl (C=O) groups excluding carboxylic acids is 4. The van der Waals surface area contributed by atoms with E-state index >= 15 is 0 Å². The molecule has 13 rings (SSSR count). The fraction of sp³-hybridized carbons (Fsp3) is 0.351. The molecule has 656 valence electrons. The van der Waals surface area contributed by atoms with Crippen LogP contribution < -0.4 is 21.7 Å². The van der Waals surface area contributed by atoms with E-state index in [-0.39, 0.29) is 48.2 Å². The Bertz CT molecular complexity index is 4750. The van der Waals surface area contributed by atoms with E-state index in [1.54, 1.807) is 29.5 Å². The van der Waals surface area contributed by atoms with Gasteiger partial charge in [0, 0.05) is 155 Å². The third kappa shape index (κ3) is 34.9. The normalized spacial score (nSPS) is 13.5. The quantitative estimate of drug-likeness (QED) is 0.0125. The number of anilines is 3. The van der Waals surface area contributed by atoms with Crippen molar-refractivity contribution in [3.63, 3.8) is 0 Å². The van der Waals surface area contributed by atoms with Gasteiger partial charge in [-0.05, 0) is 135 Å². The molecule has 0 atom stereocenters. The first-order chi connectivity index (χ1) is 60.4. The molecule has 3 fully saturated rings. The summed E-state index contributed by atoms with van der Waals surface area (Å²) in [5.41, 5.74) is 16.5. The fourth-order valence-corrected chi connectivity index (χ4v) is 17.3. The van der Waals surface area contributed by atoms with Gasteiger partial charge < -0.3 is 64.7 Å². The van der Waals surface area contributed by atoms with Crippen molar-refractivity contribution in [2.24, 2.45) is 5.73 Å². The number of rotatable bonds is 34. The molecule has 3 aliphatic rings. The molecule has 0 unspecified atom stereocenters. The molecule has 22 nitrogen and oxygen atoms in total. The van der Waals surface area contributed by atoms with Crippen molar-refractivity contribution in [3.05, 3.63) is 310 Å². The molecule has 4 heterocycles. The van der Waals surface area contributed by atoms with E-state index in [0.29, 0.717) is 74.4 Å². The maximum Gasteiger partial charge on any atom is 0.321 e. The third-order valence-corrected chi connectivity index (χ3v) is 24.7. The molecule has 0 aliphatic carbocycles. The van der Waals surface area contributed by atoms with Gasteiger partial charge in [0.05, 0.1) is 64.5 Å². The second-order valence-electron chi connectivity index (χ2n) is 29.8. The van der Waals surface area contributed by atoms with Gasteiger partial charge in [0.25, 0.3) is 0 Å². The Morgan fingerprint density at radius 2 is 0.823 bits per heavy atom. The Hall–Kier alpha value is -9.89. The number of carbonyl (C=O) groups is 4. The number of nitrogens with one attached hydrogen (secondary N) is 3. The number of ether oxygens (including phenoxy) is 3. The number of nitrogens with two attached hydrogens (primary N) is 1. The highest BCUT2D eigenvalue weighted by Gasteiger charge is 2.26. The number of nitrogens with zero attached hydrogens (tertiary/aromatic N) is 8. The number of aliphatic hydroxyl groups is 1. The highest BCUT2D eigenvalue weighted by Crippen LogP contribution is 2.53. The Morgan fingerprint density at radius 1 is 0.508 bits per heavy atom. The number of urea groups is 3. The number of ketones is 1. The summed E-state index contributed by atoms with van der Waals surface area (Å²) in [4.78, 5) is 67.8. The van der Waals surface area contributed by atoms with E-state index < -0.39 is 5.69 Å². The number of aliphatic hydroxyl groups excluding tert-OH is 1. The van der Waals surface area contributed by atoms with Crippen LogP contribution in [0, 0.1) is 18.3 Å². The molecular formula is C97H119N12O10PS4. The number of aromatic nitrogens is 1. The molecule has 6 amide bonds. The minimum atomic E-state index is -2.16. The number of thiazole rings is 1. The van der Waals surface area contributed by atoms with E-state index in [9.17, 15) is 24.4 Å². The van der Waals surface area contributed by atoms with Crippen LogP contribution >= 0.6 is 41.5 Å². The molecule has 1 aromatic heterocycles. The van der Waals surface area contributed by atoms with Gasteiger partial charge >= 0.3 is 18.1 Å². The molecule has 0 saturated carbocycles.